The topological polar surface area (TPSA) is 39.7 Å². The van der Waals surface area contributed by atoms with Crippen molar-refractivity contribution in [3.63, 3.8) is 0 Å². The molecule has 1 N–H and O–H groups in total. The first kappa shape index (κ1) is 18.7. The van der Waals surface area contributed by atoms with Crippen molar-refractivity contribution in [3.8, 4) is 11.5 Å². The van der Waals surface area contributed by atoms with Gasteiger partial charge in [0.25, 0.3) is 0 Å². The molecule has 1 fully saturated rings. The average Bonchev–Trinajstić information content (AvgIpc) is 3.16. The summed E-state index contributed by atoms with van der Waals surface area (Å²) >= 11 is 0. The predicted octanol–water partition coefficient (Wildman–Crippen LogP) is 4.24. The Kier molecular flexibility index (Phi) is 6.92. The highest BCUT2D eigenvalue weighted by atomic mass is 16.5. The maximum Gasteiger partial charge on any atom is 0.161 e. The van der Waals surface area contributed by atoms with E-state index in [1.807, 2.05) is 13.0 Å². The van der Waals surface area contributed by atoms with Gasteiger partial charge in [-0.15, -0.1) is 0 Å². The van der Waals surface area contributed by atoms with E-state index in [4.69, 9.17) is 14.2 Å². The molecule has 0 amide bonds. The second-order valence-corrected chi connectivity index (χ2v) is 6.75. The minimum absolute atomic E-state index is 0.360. The van der Waals surface area contributed by atoms with Gasteiger partial charge in [-0.2, -0.15) is 0 Å². The summed E-state index contributed by atoms with van der Waals surface area (Å²) in [7, 11) is 0. The third kappa shape index (κ3) is 5.48. The molecule has 2 aromatic carbocycles. The molecule has 0 aliphatic carbocycles. The van der Waals surface area contributed by atoms with Crippen molar-refractivity contribution in [1.29, 1.82) is 0 Å². The highest BCUT2D eigenvalue weighted by molar-refractivity contribution is 5.43. The van der Waals surface area contributed by atoms with Crippen molar-refractivity contribution in [2.75, 3.05) is 19.8 Å². The first-order valence-corrected chi connectivity index (χ1v) is 9.51. The molecule has 0 spiro atoms. The number of hydrogen-bond donors (Lipinski definition) is 1. The van der Waals surface area contributed by atoms with Crippen LogP contribution < -0.4 is 14.8 Å². The van der Waals surface area contributed by atoms with Crippen molar-refractivity contribution in [2.45, 2.75) is 45.9 Å². The van der Waals surface area contributed by atoms with Crippen LogP contribution in [0.1, 0.15) is 36.5 Å². The van der Waals surface area contributed by atoms with Crippen molar-refractivity contribution in [3.05, 3.63) is 59.2 Å². The third-order valence-electron chi connectivity index (χ3n) is 4.55. The Balaban J connectivity index is 1.57. The highest BCUT2D eigenvalue weighted by Gasteiger charge is 2.14. The van der Waals surface area contributed by atoms with E-state index in [1.165, 1.54) is 17.5 Å². The van der Waals surface area contributed by atoms with Gasteiger partial charge in [0.05, 0.1) is 12.7 Å². The molecule has 1 atom stereocenters. The zero-order chi connectivity index (χ0) is 18.2. The molecule has 0 aromatic heterocycles. The van der Waals surface area contributed by atoms with E-state index in [1.54, 1.807) is 0 Å². The van der Waals surface area contributed by atoms with Crippen LogP contribution in [-0.4, -0.2) is 25.9 Å². The van der Waals surface area contributed by atoms with E-state index in [-0.39, 0.29) is 0 Å². The first-order valence-electron chi connectivity index (χ1n) is 9.51. The van der Waals surface area contributed by atoms with Gasteiger partial charge < -0.3 is 19.5 Å². The Labute approximate surface area is 156 Å². The van der Waals surface area contributed by atoms with E-state index >= 15 is 0 Å². The highest BCUT2D eigenvalue weighted by Crippen LogP contribution is 2.29. The van der Waals surface area contributed by atoms with E-state index in [0.29, 0.717) is 19.3 Å². The fraction of sp³-hybridized carbons (Fsp3) is 0.455. The quantitative estimate of drug-likeness (QED) is 0.730. The molecule has 0 saturated carbocycles. The molecule has 26 heavy (non-hydrogen) atoms. The van der Waals surface area contributed by atoms with Crippen LogP contribution in [0, 0.1) is 6.92 Å². The molecule has 3 rings (SSSR count). The molecule has 0 unspecified atom stereocenters. The molecule has 4 nitrogen and oxygen atoms in total. The van der Waals surface area contributed by atoms with Gasteiger partial charge in [0.15, 0.2) is 11.5 Å². The van der Waals surface area contributed by atoms with Crippen LogP contribution in [0.15, 0.2) is 42.5 Å². The maximum absolute atomic E-state index is 5.99. The number of benzene rings is 2. The van der Waals surface area contributed by atoms with E-state index < -0.39 is 0 Å². The van der Waals surface area contributed by atoms with Gasteiger partial charge in [-0.1, -0.05) is 35.9 Å². The molecule has 4 heteroatoms. The lowest BCUT2D eigenvalue weighted by Gasteiger charge is -2.15. The summed E-state index contributed by atoms with van der Waals surface area (Å²) in [5.74, 6) is 1.59. The van der Waals surface area contributed by atoms with Crippen LogP contribution in [-0.2, 0) is 17.9 Å². The average molecular weight is 355 g/mol. The van der Waals surface area contributed by atoms with E-state index in [0.717, 1.165) is 43.2 Å². The summed E-state index contributed by atoms with van der Waals surface area (Å²) in [6, 6.07) is 14.6. The zero-order valence-electron chi connectivity index (χ0n) is 15.8. The molecule has 1 heterocycles. The molecule has 2 aromatic rings. The van der Waals surface area contributed by atoms with Crippen molar-refractivity contribution >= 4 is 0 Å². The van der Waals surface area contributed by atoms with Gasteiger partial charge in [-0.3, -0.25) is 0 Å². The molecular formula is C22H29NO3. The Bertz CT molecular complexity index is 678. The van der Waals surface area contributed by atoms with Crippen molar-refractivity contribution in [2.24, 2.45) is 0 Å². The molecule has 1 saturated heterocycles. The van der Waals surface area contributed by atoms with Gasteiger partial charge in [0, 0.05) is 19.7 Å². The smallest absolute Gasteiger partial charge is 0.161 e. The van der Waals surface area contributed by atoms with Crippen LogP contribution in [0.2, 0.25) is 0 Å². The van der Waals surface area contributed by atoms with Crippen LogP contribution in [0.3, 0.4) is 0 Å². The van der Waals surface area contributed by atoms with Crippen LogP contribution >= 0.6 is 0 Å². The lowest BCUT2D eigenvalue weighted by molar-refractivity contribution is 0.110. The van der Waals surface area contributed by atoms with Gasteiger partial charge in [-0.25, -0.2) is 0 Å². The van der Waals surface area contributed by atoms with Gasteiger partial charge >= 0.3 is 0 Å². The summed E-state index contributed by atoms with van der Waals surface area (Å²) in [6.07, 6.45) is 2.69. The van der Waals surface area contributed by atoms with Crippen molar-refractivity contribution in [1.82, 2.24) is 5.32 Å². The Morgan fingerprint density at radius 3 is 2.58 bits per heavy atom. The Hall–Kier alpha value is -2.04. The normalized spacial score (nSPS) is 16.6. The first-order chi connectivity index (χ1) is 12.7. The minimum atomic E-state index is 0.360. The summed E-state index contributed by atoms with van der Waals surface area (Å²) in [5, 5.41) is 3.47. The second kappa shape index (κ2) is 9.60. The summed E-state index contributed by atoms with van der Waals surface area (Å²) in [5.41, 5.74) is 3.60. The maximum atomic E-state index is 5.99. The second-order valence-electron chi connectivity index (χ2n) is 6.75. The van der Waals surface area contributed by atoms with Gasteiger partial charge in [0.1, 0.15) is 6.61 Å². The monoisotopic (exact) mass is 355 g/mol. The minimum Gasteiger partial charge on any atom is -0.490 e. The number of hydrogen-bond acceptors (Lipinski definition) is 4. The lowest BCUT2D eigenvalue weighted by atomic mass is 10.1. The molecule has 1 aliphatic rings. The van der Waals surface area contributed by atoms with Crippen molar-refractivity contribution < 1.29 is 14.2 Å². The summed E-state index contributed by atoms with van der Waals surface area (Å²) in [6.45, 7) is 7.84. The molecular weight excluding hydrogens is 326 g/mol. The number of nitrogens with one attached hydrogen (secondary N) is 1. The van der Waals surface area contributed by atoms with Crippen LogP contribution in [0.4, 0.5) is 0 Å². The SMILES string of the molecule is CCOc1cc(CNC[C@H]2CCCO2)ccc1OCc1ccc(C)cc1. The Morgan fingerprint density at radius 1 is 1.04 bits per heavy atom. The zero-order valence-corrected chi connectivity index (χ0v) is 15.8. The largest absolute Gasteiger partial charge is 0.490 e. The lowest BCUT2D eigenvalue weighted by Crippen LogP contribution is -2.25. The van der Waals surface area contributed by atoms with Crippen LogP contribution in [0.25, 0.3) is 0 Å². The number of rotatable bonds is 9. The van der Waals surface area contributed by atoms with Gasteiger partial charge in [0.2, 0.25) is 0 Å². The molecule has 140 valence electrons. The summed E-state index contributed by atoms with van der Waals surface area (Å²) in [4.78, 5) is 0. The van der Waals surface area contributed by atoms with Gasteiger partial charge in [-0.05, 0) is 49.9 Å². The Morgan fingerprint density at radius 2 is 1.85 bits per heavy atom. The summed E-state index contributed by atoms with van der Waals surface area (Å²) < 4.78 is 17.4. The standard InChI is InChI=1S/C22H29NO3/c1-3-24-22-13-19(14-23-15-20-5-4-12-25-20)10-11-21(22)26-16-18-8-6-17(2)7-9-18/h6-11,13,20,23H,3-5,12,14-16H2,1-2H3/t20-/m1/s1. The molecule has 1 aliphatic heterocycles. The van der Waals surface area contributed by atoms with E-state index in [9.17, 15) is 0 Å². The third-order valence-corrected chi connectivity index (χ3v) is 4.55. The predicted molar refractivity (Wildman–Crippen MR) is 104 cm³/mol. The fourth-order valence-corrected chi connectivity index (χ4v) is 3.08. The fourth-order valence-electron chi connectivity index (χ4n) is 3.08. The number of aryl methyl sites for hydroxylation is 1. The number of ether oxygens (including phenoxy) is 3. The molecule has 0 radical (unpaired) electrons. The van der Waals surface area contributed by atoms with Crippen LogP contribution in [0.5, 0.6) is 11.5 Å². The molecule has 0 bridgehead atoms. The van der Waals surface area contributed by atoms with E-state index in [2.05, 4.69) is 48.6 Å².